The topological polar surface area (TPSA) is 35.5 Å². The minimum atomic E-state index is -1.28. The van der Waals surface area contributed by atoms with E-state index in [0.717, 1.165) is 16.7 Å². The van der Waals surface area contributed by atoms with Crippen LogP contribution in [0.4, 0.5) is 0 Å². The van der Waals surface area contributed by atoms with Crippen molar-refractivity contribution in [1.82, 2.24) is 0 Å². The molecular weight excluding hydrogens is 288 g/mol. The quantitative estimate of drug-likeness (QED) is 0.627. The molecule has 23 heavy (non-hydrogen) atoms. The summed E-state index contributed by atoms with van der Waals surface area (Å²) in [6, 6.07) is 17.2. The van der Waals surface area contributed by atoms with Crippen LogP contribution >= 0.6 is 0 Å². The molecule has 1 aliphatic carbocycles. The number of carbonyl (C=O) groups is 1. The van der Waals surface area contributed by atoms with E-state index in [9.17, 15) is 4.79 Å². The molecule has 0 saturated heterocycles. The first-order chi connectivity index (χ1) is 10.9. The Morgan fingerprint density at radius 3 is 2.22 bits per heavy atom. The summed E-state index contributed by atoms with van der Waals surface area (Å²) in [5.74, 6) is -0.147. The zero-order chi connectivity index (χ0) is 16.5. The first-order valence-electron chi connectivity index (χ1n) is 7.68. The van der Waals surface area contributed by atoms with Crippen LogP contribution in [0, 0.1) is 0 Å². The number of benzene rings is 2. The standard InChI is InChI=1S/C20H20O3/c1-19(2,3)22-23-20(16-10-5-4-6-11-16)17-12-8-7-9-15(17)13-14-18(20)21/h4-14H,1-3H3. The van der Waals surface area contributed by atoms with Crippen molar-refractivity contribution in [1.29, 1.82) is 0 Å². The molecule has 1 aliphatic rings. The number of ketones is 1. The van der Waals surface area contributed by atoms with Crippen molar-refractivity contribution < 1.29 is 14.6 Å². The summed E-state index contributed by atoms with van der Waals surface area (Å²) in [5.41, 5.74) is 0.695. The van der Waals surface area contributed by atoms with E-state index in [4.69, 9.17) is 9.78 Å². The van der Waals surface area contributed by atoms with Crippen molar-refractivity contribution >= 4 is 11.9 Å². The van der Waals surface area contributed by atoms with Gasteiger partial charge in [-0.05, 0) is 38.0 Å². The van der Waals surface area contributed by atoms with E-state index in [-0.39, 0.29) is 5.78 Å². The molecule has 0 bridgehead atoms. The van der Waals surface area contributed by atoms with Crippen molar-refractivity contribution in [3.63, 3.8) is 0 Å². The average Bonchev–Trinajstić information content (AvgIpc) is 2.54. The highest BCUT2D eigenvalue weighted by Gasteiger charge is 2.47. The minimum Gasteiger partial charge on any atom is -0.291 e. The van der Waals surface area contributed by atoms with Gasteiger partial charge in [-0.3, -0.25) is 4.79 Å². The summed E-state index contributed by atoms with van der Waals surface area (Å²) in [4.78, 5) is 24.4. The maximum atomic E-state index is 12.9. The molecule has 0 spiro atoms. The summed E-state index contributed by atoms with van der Waals surface area (Å²) in [6.45, 7) is 5.67. The third-order valence-electron chi connectivity index (χ3n) is 3.70. The maximum absolute atomic E-state index is 12.9. The molecule has 2 aromatic rings. The summed E-state index contributed by atoms with van der Waals surface area (Å²) in [7, 11) is 0. The molecule has 0 radical (unpaired) electrons. The van der Waals surface area contributed by atoms with Crippen molar-refractivity contribution in [3.8, 4) is 0 Å². The Hall–Kier alpha value is -2.23. The predicted molar refractivity (Wildman–Crippen MR) is 89.6 cm³/mol. The number of hydrogen-bond acceptors (Lipinski definition) is 3. The van der Waals surface area contributed by atoms with Gasteiger partial charge in [-0.2, -0.15) is 0 Å². The monoisotopic (exact) mass is 308 g/mol. The molecule has 2 aromatic carbocycles. The van der Waals surface area contributed by atoms with E-state index in [1.165, 1.54) is 0 Å². The Bertz CT molecular complexity index is 741. The van der Waals surface area contributed by atoms with Gasteiger partial charge >= 0.3 is 0 Å². The number of rotatable bonds is 3. The lowest BCUT2D eigenvalue weighted by atomic mass is 9.77. The van der Waals surface area contributed by atoms with Gasteiger partial charge in [-0.25, -0.2) is 9.78 Å². The molecule has 3 nitrogen and oxygen atoms in total. The van der Waals surface area contributed by atoms with Crippen molar-refractivity contribution in [2.24, 2.45) is 0 Å². The lowest BCUT2D eigenvalue weighted by Crippen LogP contribution is -2.43. The third-order valence-corrected chi connectivity index (χ3v) is 3.70. The Morgan fingerprint density at radius 2 is 1.52 bits per heavy atom. The van der Waals surface area contributed by atoms with Crippen LogP contribution in [-0.2, 0) is 20.2 Å². The summed E-state index contributed by atoms with van der Waals surface area (Å²) in [6.07, 6.45) is 3.38. The van der Waals surface area contributed by atoms with Crippen molar-refractivity contribution in [2.45, 2.75) is 32.0 Å². The second-order valence-electron chi connectivity index (χ2n) is 6.61. The van der Waals surface area contributed by atoms with E-state index < -0.39 is 11.2 Å². The van der Waals surface area contributed by atoms with Gasteiger partial charge in [0.2, 0.25) is 5.60 Å². The number of carbonyl (C=O) groups excluding carboxylic acids is 1. The van der Waals surface area contributed by atoms with Crippen molar-refractivity contribution in [3.05, 3.63) is 77.4 Å². The van der Waals surface area contributed by atoms with Gasteiger partial charge in [0, 0.05) is 5.56 Å². The molecule has 0 N–H and O–H groups in total. The highest BCUT2D eigenvalue weighted by atomic mass is 17.2. The number of hydrogen-bond donors (Lipinski definition) is 0. The SMILES string of the molecule is CC(C)(C)OOC1(c2ccccc2)C(=O)C=Cc2ccccc21. The van der Waals surface area contributed by atoms with Crippen LogP contribution in [0.15, 0.2) is 60.7 Å². The predicted octanol–water partition coefficient (Wildman–Crippen LogP) is 4.27. The Kier molecular flexibility index (Phi) is 3.92. The Morgan fingerprint density at radius 1 is 0.870 bits per heavy atom. The Balaban J connectivity index is 2.20. The molecule has 0 aromatic heterocycles. The molecule has 118 valence electrons. The molecule has 0 heterocycles. The molecule has 0 fully saturated rings. The van der Waals surface area contributed by atoms with Crippen LogP contribution in [0.25, 0.3) is 6.08 Å². The van der Waals surface area contributed by atoms with Gasteiger partial charge in [0.25, 0.3) is 0 Å². The van der Waals surface area contributed by atoms with Crippen molar-refractivity contribution in [2.75, 3.05) is 0 Å². The van der Waals surface area contributed by atoms with Crippen LogP contribution < -0.4 is 0 Å². The normalized spacial score (nSPS) is 20.4. The maximum Gasteiger partial charge on any atom is 0.216 e. The van der Waals surface area contributed by atoms with E-state index in [1.807, 2.05) is 81.4 Å². The average molecular weight is 308 g/mol. The van der Waals surface area contributed by atoms with Gasteiger partial charge in [0.15, 0.2) is 5.78 Å². The lowest BCUT2D eigenvalue weighted by molar-refractivity contribution is -0.388. The third kappa shape index (κ3) is 2.85. The zero-order valence-electron chi connectivity index (χ0n) is 13.6. The van der Waals surface area contributed by atoms with Crippen LogP contribution in [0.3, 0.4) is 0 Å². The van der Waals surface area contributed by atoms with Gasteiger partial charge < -0.3 is 0 Å². The van der Waals surface area contributed by atoms with E-state index >= 15 is 0 Å². The zero-order valence-corrected chi connectivity index (χ0v) is 13.6. The summed E-state index contributed by atoms with van der Waals surface area (Å²) < 4.78 is 0. The second kappa shape index (κ2) is 5.76. The highest BCUT2D eigenvalue weighted by Crippen LogP contribution is 2.41. The molecule has 3 rings (SSSR count). The van der Waals surface area contributed by atoms with E-state index in [0.29, 0.717) is 0 Å². The van der Waals surface area contributed by atoms with Gasteiger partial charge in [0.05, 0.1) is 5.60 Å². The van der Waals surface area contributed by atoms with Crippen LogP contribution in [0.2, 0.25) is 0 Å². The largest absolute Gasteiger partial charge is 0.291 e. The van der Waals surface area contributed by atoms with Gasteiger partial charge in [-0.1, -0.05) is 60.7 Å². The number of fused-ring (bicyclic) bond motifs is 1. The fraction of sp³-hybridized carbons (Fsp3) is 0.250. The van der Waals surface area contributed by atoms with Crippen LogP contribution in [0.1, 0.15) is 37.5 Å². The molecular formula is C20H20O3. The fourth-order valence-electron chi connectivity index (χ4n) is 2.67. The van der Waals surface area contributed by atoms with Crippen LogP contribution in [0.5, 0.6) is 0 Å². The summed E-state index contributed by atoms with van der Waals surface area (Å²) >= 11 is 0. The smallest absolute Gasteiger partial charge is 0.216 e. The first-order valence-corrected chi connectivity index (χ1v) is 7.68. The molecule has 0 saturated carbocycles. The Labute approximate surface area is 136 Å². The fourth-order valence-corrected chi connectivity index (χ4v) is 2.67. The molecule has 3 heteroatoms. The first kappa shape index (κ1) is 15.7. The van der Waals surface area contributed by atoms with Gasteiger partial charge in [-0.15, -0.1) is 0 Å². The lowest BCUT2D eigenvalue weighted by Gasteiger charge is -2.36. The second-order valence-corrected chi connectivity index (χ2v) is 6.61. The summed E-state index contributed by atoms with van der Waals surface area (Å²) in [5, 5.41) is 0. The highest BCUT2D eigenvalue weighted by molar-refractivity contribution is 6.06. The molecule has 1 unspecified atom stereocenters. The van der Waals surface area contributed by atoms with Gasteiger partial charge in [0.1, 0.15) is 0 Å². The minimum absolute atomic E-state index is 0.147. The molecule has 1 atom stereocenters. The molecule has 0 aliphatic heterocycles. The van der Waals surface area contributed by atoms with Crippen LogP contribution in [-0.4, -0.2) is 11.4 Å². The van der Waals surface area contributed by atoms with E-state index in [1.54, 1.807) is 6.08 Å². The molecule has 0 amide bonds. The van der Waals surface area contributed by atoms with E-state index in [2.05, 4.69) is 0 Å².